The molecule has 0 fully saturated rings. The Morgan fingerprint density at radius 2 is 2.00 bits per heavy atom. The molecule has 0 N–H and O–H groups in total. The van der Waals surface area contributed by atoms with E-state index in [0.29, 0.717) is 6.61 Å². The van der Waals surface area contributed by atoms with Gasteiger partial charge in [0.2, 0.25) is 0 Å². The van der Waals surface area contributed by atoms with Crippen LogP contribution in [0.15, 0.2) is 59.2 Å². The minimum atomic E-state index is 0.274. The summed E-state index contributed by atoms with van der Waals surface area (Å²) >= 11 is 0. The summed E-state index contributed by atoms with van der Waals surface area (Å²) in [6.07, 6.45) is 10.6. The first kappa shape index (κ1) is 15.6. The minimum absolute atomic E-state index is 0.274. The third-order valence-corrected chi connectivity index (χ3v) is 3.43. The van der Waals surface area contributed by atoms with Crippen molar-refractivity contribution < 1.29 is 9.15 Å². The highest BCUT2D eigenvalue weighted by atomic mass is 16.5. The van der Waals surface area contributed by atoms with Crippen molar-refractivity contribution in [3.63, 3.8) is 0 Å². The molecule has 2 aromatic rings. The van der Waals surface area contributed by atoms with Crippen LogP contribution in [0.25, 0.3) is 6.08 Å². The third-order valence-electron chi connectivity index (χ3n) is 3.43. The van der Waals surface area contributed by atoms with E-state index in [0.717, 1.165) is 18.6 Å². The molecule has 1 heterocycles. The first-order valence-corrected chi connectivity index (χ1v) is 7.74. The molecule has 0 saturated carbocycles. The highest BCUT2D eigenvalue weighted by molar-refractivity contribution is 5.41. The normalized spacial score (nSPS) is 12.8. The summed E-state index contributed by atoms with van der Waals surface area (Å²) in [7, 11) is 0. The molecule has 2 rings (SSSR count). The molecule has 0 spiro atoms. The van der Waals surface area contributed by atoms with Crippen LogP contribution in [0, 0.1) is 0 Å². The van der Waals surface area contributed by atoms with Crippen molar-refractivity contribution in [3.05, 3.63) is 66.1 Å². The van der Waals surface area contributed by atoms with Gasteiger partial charge >= 0.3 is 0 Å². The van der Waals surface area contributed by atoms with Gasteiger partial charge in [-0.1, -0.05) is 56.2 Å². The largest absolute Gasteiger partial charge is 0.465 e. The van der Waals surface area contributed by atoms with E-state index in [1.165, 1.54) is 18.4 Å². The van der Waals surface area contributed by atoms with Gasteiger partial charge in [-0.2, -0.15) is 0 Å². The van der Waals surface area contributed by atoms with Gasteiger partial charge in [-0.15, -0.1) is 0 Å². The van der Waals surface area contributed by atoms with E-state index in [-0.39, 0.29) is 6.10 Å². The van der Waals surface area contributed by atoms with E-state index in [1.807, 2.05) is 24.3 Å². The maximum Gasteiger partial charge on any atom is 0.126 e. The summed E-state index contributed by atoms with van der Waals surface area (Å²) in [5, 5.41) is 0. The van der Waals surface area contributed by atoms with Crippen LogP contribution in [0.5, 0.6) is 0 Å². The van der Waals surface area contributed by atoms with Crippen LogP contribution in [0.1, 0.15) is 43.9 Å². The molecule has 0 radical (unpaired) electrons. The Hall–Kier alpha value is -1.80. The molecule has 2 nitrogen and oxygen atoms in total. The van der Waals surface area contributed by atoms with E-state index < -0.39 is 0 Å². The Balaban J connectivity index is 1.82. The van der Waals surface area contributed by atoms with Gasteiger partial charge in [0.25, 0.3) is 0 Å². The summed E-state index contributed by atoms with van der Waals surface area (Å²) in [4.78, 5) is 0. The zero-order valence-corrected chi connectivity index (χ0v) is 12.7. The lowest BCUT2D eigenvalue weighted by Crippen LogP contribution is -2.12. The summed E-state index contributed by atoms with van der Waals surface area (Å²) < 4.78 is 11.4. The van der Waals surface area contributed by atoms with Crippen LogP contribution in [0.3, 0.4) is 0 Å². The Morgan fingerprint density at radius 3 is 2.71 bits per heavy atom. The molecule has 0 aliphatic carbocycles. The maximum absolute atomic E-state index is 6.07. The predicted octanol–water partition coefficient (Wildman–Crippen LogP) is 5.46. The summed E-state index contributed by atoms with van der Waals surface area (Å²) in [6.45, 7) is 2.90. The Kier molecular flexibility index (Phi) is 6.82. The number of rotatable bonds is 9. The molecule has 0 saturated heterocycles. The van der Waals surface area contributed by atoms with Crippen molar-refractivity contribution >= 4 is 6.08 Å². The second-order valence-electron chi connectivity index (χ2n) is 5.21. The summed E-state index contributed by atoms with van der Waals surface area (Å²) in [6, 6.07) is 14.2. The molecule has 112 valence electrons. The van der Waals surface area contributed by atoms with Gasteiger partial charge in [0.1, 0.15) is 5.76 Å². The van der Waals surface area contributed by atoms with Gasteiger partial charge in [-0.05, 0) is 36.6 Å². The lowest BCUT2D eigenvalue weighted by atomic mass is 10.1. The molecule has 0 amide bonds. The Labute approximate surface area is 127 Å². The van der Waals surface area contributed by atoms with Gasteiger partial charge in [-0.25, -0.2) is 0 Å². The van der Waals surface area contributed by atoms with Gasteiger partial charge in [-0.3, -0.25) is 0 Å². The van der Waals surface area contributed by atoms with E-state index in [2.05, 4.69) is 37.3 Å². The van der Waals surface area contributed by atoms with E-state index >= 15 is 0 Å². The molecule has 21 heavy (non-hydrogen) atoms. The van der Waals surface area contributed by atoms with Crippen molar-refractivity contribution in [2.75, 3.05) is 0 Å². The highest BCUT2D eigenvalue weighted by Crippen LogP contribution is 2.14. The number of benzene rings is 1. The standard InChI is InChI=1S/C19H24O2/c1-2-3-11-19(13-7-12-18-14-8-15-20-18)21-16-17-9-5-4-6-10-17/h4-10,12,14-15,19H,2-3,11,13,16H2,1H3/b12-7-/t19-/m1/s1. The summed E-state index contributed by atoms with van der Waals surface area (Å²) in [5.41, 5.74) is 1.23. The second kappa shape index (κ2) is 9.19. The van der Waals surface area contributed by atoms with Crippen molar-refractivity contribution in [1.29, 1.82) is 0 Å². The first-order chi connectivity index (χ1) is 10.4. The number of unbranched alkanes of at least 4 members (excludes halogenated alkanes) is 1. The van der Waals surface area contributed by atoms with E-state index in [1.54, 1.807) is 6.26 Å². The van der Waals surface area contributed by atoms with Crippen LogP contribution in [0.2, 0.25) is 0 Å². The van der Waals surface area contributed by atoms with E-state index in [9.17, 15) is 0 Å². The highest BCUT2D eigenvalue weighted by Gasteiger charge is 2.07. The van der Waals surface area contributed by atoms with Gasteiger partial charge in [0, 0.05) is 0 Å². The molecule has 0 unspecified atom stereocenters. The molecule has 1 atom stereocenters. The third kappa shape index (κ3) is 6.01. The quantitative estimate of drug-likeness (QED) is 0.610. The van der Waals surface area contributed by atoms with Crippen molar-refractivity contribution in [2.45, 2.75) is 45.3 Å². The smallest absolute Gasteiger partial charge is 0.126 e. The lowest BCUT2D eigenvalue weighted by Gasteiger charge is -2.16. The lowest BCUT2D eigenvalue weighted by molar-refractivity contribution is 0.0357. The molecule has 2 heteroatoms. The maximum atomic E-state index is 6.07. The Morgan fingerprint density at radius 1 is 1.14 bits per heavy atom. The predicted molar refractivity (Wildman–Crippen MR) is 86.9 cm³/mol. The second-order valence-corrected chi connectivity index (χ2v) is 5.21. The SMILES string of the molecule is CCCC[C@H](C/C=C\c1ccco1)OCc1ccccc1. The monoisotopic (exact) mass is 284 g/mol. The number of hydrogen-bond donors (Lipinski definition) is 0. The van der Waals surface area contributed by atoms with Crippen LogP contribution in [0.4, 0.5) is 0 Å². The van der Waals surface area contributed by atoms with Crippen molar-refractivity contribution in [2.24, 2.45) is 0 Å². The van der Waals surface area contributed by atoms with Gasteiger partial charge < -0.3 is 9.15 Å². The average Bonchev–Trinajstić information content (AvgIpc) is 3.04. The molecule has 1 aromatic carbocycles. The number of ether oxygens (including phenoxy) is 1. The zero-order chi connectivity index (χ0) is 14.8. The topological polar surface area (TPSA) is 22.4 Å². The fourth-order valence-electron chi connectivity index (χ4n) is 2.21. The fourth-order valence-corrected chi connectivity index (χ4v) is 2.21. The van der Waals surface area contributed by atoms with Gasteiger partial charge in [0.05, 0.1) is 19.0 Å². The Bertz CT molecular complexity index is 500. The molecule has 0 aliphatic rings. The molecule has 1 aromatic heterocycles. The first-order valence-electron chi connectivity index (χ1n) is 7.74. The van der Waals surface area contributed by atoms with Crippen LogP contribution in [-0.4, -0.2) is 6.10 Å². The number of furan rings is 1. The zero-order valence-electron chi connectivity index (χ0n) is 12.7. The molecular formula is C19H24O2. The van der Waals surface area contributed by atoms with Crippen LogP contribution < -0.4 is 0 Å². The van der Waals surface area contributed by atoms with Crippen molar-refractivity contribution in [3.8, 4) is 0 Å². The molecule has 0 bridgehead atoms. The number of hydrogen-bond acceptors (Lipinski definition) is 2. The van der Waals surface area contributed by atoms with E-state index in [4.69, 9.17) is 9.15 Å². The molecular weight excluding hydrogens is 260 g/mol. The van der Waals surface area contributed by atoms with Gasteiger partial charge in [0.15, 0.2) is 0 Å². The minimum Gasteiger partial charge on any atom is -0.465 e. The van der Waals surface area contributed by atoms with Crippen LogP contribution >= 0.6 is 0 Å². The van der Waals surface area contributed by atoms with Crippen molar-refractivity contribution in [1.82, 2.24) is 0 Å². The van der Waals surface area contributed by atoms with Crippen LogP contribution in [-0.2, 0) is 11.3 Å². The molecule has 0 aliphatic heterocycles. The summed E-state index contributed by atoms with van der Waals surface area (Å²) in [5.74, 6) is 0.896. The average molecular weight is 284 g/mol. The fraction of sp³-hybridized carbons (Fsp3) is 0.368.